The molecule has 0 saturated heterocycles. The second-order valence-corrected chi connectivity index (χ2v) is 3.13. The number of carbonyl (C=O) groups is 1. The number of carbonyl (C=O) groups excluding carboxylic acids is 1. The Morgan fingerprint density at radius 3 is 3.09 bits per heavy atom. The average molecular weight is 191 g/mol. The third kappa shape index (κ3) is 2.52. The second-order valence-electron chi connectivity index (χ2n) is 1.80. The molecule has 0 aliphatic carbocycles. The Labute approximate surface area is 73.7 Å². The van der Waals surface area contributed by atoms with Gasteiger partial charge in [-0.2, -0.15) is 0 Å². The lowest BCUT2D eigenvalue weighted by Gasteiger charge is -1.97. The van der Waals surface area contributed by atoms with Crippen LogP contribution in [0, 0.1) is 0 Å². The summed E-state index contributed by atoms with van der Waals surface area (Å²) in [7, 11) is 0. The van der Waals surface area contributed by atoms with E-state index >= 15 is 0 Å². The molecule has 0 atom stereocenters. The minimum atomic E-state index is -0.291. The van der Waals surface area contributed by atoms with E-state index < -0.39 is 0 Å². The Kier molecular flexibility index (Phi) is 3.39. The van der Waals surface area contributed by atoms with Crippen LogP contribution >= 0.6 is 22.9 Å². The highest BCUT2D eigenvalue weighted by atomic mass is 35.5. The van der Waals surface area contributed by atoms with Crippen LogP contribution in [-0.2, 0) is 4.74 Å². The molecule has 0 bridgehead atoms. The van der Waals surface area contributed by atoms with Crippen LogP contribution < -0.4 is 0 Å². The first-order valence-corrected chi connectivity index (χ1v) is 4.52. The summed E-state index contributed by atoms with van der Waals surface area (Å²) < 4.78 is 4.78. The van der Waals surface area contributed by atoms with Crippen LogP contribution in [0.1, 0.15) is 9.67 Å². The Balaban J connectivity index is 2.43. The van der Waals surface area contributed by atoms with E-state index in [2.05, 4.69) is 0 Å². The topological polar surface area (TPSA) is 26.3 Å². The van der Waals surface area contributed by atoms with Crippen LogP contribution in [0.25, 0.3) is 0 Å². The fraction of sp³-hybridized carbons (Fsp3) is 0.286. The molecule has 0 radical (unpaired) electrons. The SMILES string of the molecule is O=C(OCCCl)c1cccs1. The average Bonchev–Trinajstić information content (AvgIpc) is 2.52. The van der Waals surface area contributed by atoms with Gasteiger partial charge in [0, 0.05) is 0 Å². The van der Waals surface area contributed by atoms with E-state index in [0.29, 0.717) is 10.8 Å². The number of hydrogen-bond acceptors (Lipinski definition) is 3. The molecule has 1 aromatic heterocycles. The van der Waals surface area contributed by atoms with Crippen molar-refractivity contribution in [3.8, 4) is 0 Å². The van der Waals surface area contributed by atoms with E-state index in [0.717, 1.165) is 0 Å². The predicted molar refractivity (Wildman–Crippen MR) is 45.3 cm³/mol. The molecule has 1 heterocycles. The third-order valence-electron chi connectivity index (χ3n) is 1.03. The van der Waals surface area contributed by atoms with Crippen molar-refractivity contribution in [1.29, 1.82) is 0 Å². The lowest BCUT2D eigenvalue weighted by molar-refractivity contribution is 0.0535. The third-order valence-corrected chi connectivity index (χ3v) is 2.04. The molecule has 1 aromatic rings. The first-order valence-electron chi connectivity index (χ1n) is 3.11. The molecular weight excluding hydrogens is 184 g/mol. The minimum absolute atomic E-state index is 0.276. The highest BCUT2D eigenvalue weighted by Gasteiger charge is 2.05. The number of rotatable bonds is 3. The number of esters is 1. The molecule has 0 spiro atoms. The first kappa shape index (κ1) is 8.56. The van der Waals surface area contributed by atoms with Crippen LogP contribution in [0.3, 0.4) is 0 Å². The summed E-state index contributed by atoms with van der Waals surface area (Å²) in [5.41, 5.74) is 0. The summed E-state index contributed by atoms with van der Waals surface area (Å²) >= 11 is 6.70. The summed E-state index contributed by atoms with van der Waals surface area (Å²) in [5, 5.41) is 1.83. The Hall–Kier alpha value is -0.540. The standard InChI is InChI=1S/C7H7ClO2S/c8-3-4-10-7(9)6-2-1-5-11-6/h1-2,5H,3-4H2. The molecular formula is C7H7ClO2S. The molecule has 0 amide bonds. The maximum absolute atomic E-state index is 11.0. The molecule has 1 rings (SSSR count). The van der Waals surface area contributed by atoms with E-state index in [-0.39, 0.29) is 12.6 Å². The van der Waals surface area contributed by atoms with Gasteiger partial charge in [0.1, 0.15) is 11.5 Å². The number of ether oxygens (including phenoxy) is 1. The maximum atomic E-state index is 11.0. The highest BCUT2D eigenvalue weighted by Crippen LogP contribution is 2.09. The van der Waals surface area contributed by atoms with Crippen molar-refractivity contribution in [2.45, 2.75) is 0 Å². The number of halogens is 1. The van der Waals surface area contributed by atoms with E-state index in [4.69, 9.17) is 16.3 Å². The highest BCUT2D eigenvalue weighted by molar-refractivity contribution is 7.11. The predicted octanol–water partition coefficient (Wildman–Crippen LogP) is 2.14. The van der Waals surface area contributed by atoms with Crippen molar-refractivity contribution in [1.82, 2.24) is 0 Å². The van der Waals surface area contributed by atoms with Gasteiger partial charge in [-0.25, -0.2) is 4.79 Å². The van der Waals surface area contributed by atoms with Crippen LogP contribution in [0.4, 0.5) is 0 Å². The van der Waals surface area contributed by atoms with Gasteiger partial charge in [-0.3, -0.25) is 0 Å². The van der Waals surface area contributed by atoms with Crippen molar-refractivity contribution < 1.29 is 9.53 Å². The lowest BCUT2D eigenvalue weighted by atomic mass is 10.5. The van der Waals surface area contributed by atoms with Gasteiger partial charge in [-0.05, 0) is 11.4 Å². The lowest BCUT2D eigenvalue weighted by Crippen LogP contribution is -2.04. The maximum Gasteiger partial charge on any atom is 0.348 e. The van der Waals surface area contributed by atoms with E-state index in [1.165, 1.54) is 11.3 Å². The van der Waals surface area contributed by atoms with Crippen LogP contribution in [0.5, 0.6) is 0 Å². The van der Waals surface area contributed by atoms with E-state index in [1.54, 1.807) is 6.07 Å². The fourth-order valence-electron chi connectivity index (χ4n) is 0.597. The summed E-state index contributed by atoms with van der Waals surface area (Å²) in [6, 6.07) is 3.53. The molecule has 0 fully saturated rings. The van der Waals surface area contributed by atoms with Crippen molar-refractivity contribution in [3.63, 3.8) is 0 Å². The summed E-state index contributed by atoms with van der Waals surface area (Å²) in [6.07, 6.45) is 0. The molecule has 11 heavy (non-hydrogen) atoms. The van der Waals surface area contributed by atoms with Crippen molar-refractivity contribution in [2.24, 2.45) is 0 Å². The zero-order chi connectivity index (χ0) is 8.10. The van der Waals surface area contributed by atoms with Crippen molar-refractivity contribution in [3.05, 3.63) is 22.4 Å². The molecule has 2 nitrogen and oxygen atoms in total. The number of alkyl halides is 1. The Morgan fingerprint density at radius 2 is 2.55 bits per heavy atom. The van der Waals surface area contributed by atoms with Gasteiger partial charge in [0.05, 0.1) is 5.88 Å². The number of hydrogen-bond donors (Lipinski definition) is 0. The van der Waals surface area contributed by atoms with Crippen LogP contribution in [0.2, 0.25) is 0 Å². The van der Waals surface area contributed by atoms with Crippen molar-refractivity contribution >= 4 is 28.9 Å². The molecule has 0 saturated carbocycles. The van der Waals surface area contributed by atoms with Crippen LogP contribution in [0.15, 0.2) is 17.5 Å². The van der Waals surface area contributed by atoms with Crippen molar-refractivity contribution in [2.75, 3.05) is 12.5 Å². The normalized spacial score (nSPS) is 9.55. The van der Waals surface area contributed by atoms with E-state index in [1.807, 2.05) is 11.4 Å². The van der Waals surface area contributed by atoms with Crippen LogP contribution in [-0.4, -0.2) is 18.5 Å². The molecule has 0 aliphatic rings. The molecule has 0 aromatic carbocycles. The summed E-state index contributed by atoms with van der Waals surface area (Å²) in [6.45, 7) is 0.276. The molecule has 0 N–H and O–H groups in total. The fourth-order valence-corrected chi connectivity index (χ4v) is 1.29. The Bertz CT molecular complexity index is 220. The quantitative estimate of drug-likeness (QED) is 0.539. The van der Waals surface area contributed by atoms with Gasteiger partial charge in [0.2, 0.25) is 0 Å². The van der Waals surface area contributed by atoms with Gasteiger partial charge in [-0.15, -0.1) is 22.9 Å². The van der Waals surface area contributed by atoms with Gasteiger partial charge in [-0.1, -0.05) is 6.07 Å². The number of thiophene rings is 1. The van der Waals surface area contributed by atoms with Gasteiger partial charge < -0.3 is 4.74 Å². The first-order chi connectivity index (χ1) is 5.34. The van der Waals surface area contributed by atoms with Gasteiger partial charge in [0.25, 0.3) is 0 Å². The second kappa shape index (κ2) is 4.36. The molecule has 0 aliphatic heterocycles. The molecule has 60 valence electrons. The summed E-state index contributed by atoms with van der Waals surface area (Å²) in [4.78, 5) is 11.6. The Morgan fingerprint density at radius 1 is 1.73 bits per heavy atom. The monoisotopic (exact) mass is 190 g/mol. The minimum Gasteiger partial charge on any atom is -0.460 e. The molecule has 0 unspecified atom stereocenters. The zero-order valence-electron chi connectivity index (χ0n) is 5.75. The van der Waals surface area contributed by atoms with E-state index in [9.17, 15) is 4.79 Å². The van der Waals surface area contributed by atoms with Gasteiger partial charge >= 0.3 is 5.97 Å². The van der Waals surface area contributed by atoms with Gasteiger partial charge in [0.15, 0.2) is 0 Å². The zero-order valence-corrected chi connectivity index (χ0v) is 7.32. The smallest absolute Gasteiger partial charge is 0.348 e. The summed E-state index contributed by atoms with van der Waals surface area (Å²) in [5.74, 6) is 0.0533. The molecule has 4 heteroatoms. The largest absolute Gasteiger partial charge is 0.460 e.